The van der Waals surface area contributed by atoms with Gasteiger partial charge in [-0.15, -0.1) is 0 Å². The van der Waals surface area contributed by atoms with Crippen LogP contribution < -0.4 is 5.32 Å². The zero-order valence-corrected chi connectivity index (χ0v) is 12.7. The highest BCUT2D eigenvalue weighted by molar-refractivity contribution is 6.30. The van der Waals surface area contributed by atoms with Gasteiger partial charge in [-0.1, -0.05) is 41.9 Å². The summed E-state index contributed by atoms with van der Waals surface area (Å²) in [6.07, 6.45) is -0.777. The maximum absolute atomic E-state index is 10.4. The third-order valence-corrected chi connectivity index (χ3v) is 5.28. The minimum atomic E-state index is -0.706. The number of benzene rings is 2. The Labute approximate surface area is 134 Å². The lowest BCUT2D eigenvalue weighted by Gasteiger charge is -2.38. The van der Waals surface area contributed by atoms with Crippen molar-refractivity contribution in [3.63, 3.8) is 0 Å². The fraction of sp³-hybridized carbons (Fsp3) is 0.333. The lowest BCUT2D eigenvalue weighted by atomic mass is 9.76. The third-order valence-electron chi connectivity index (χ3n) is 5.03. The molecule has 1 saturated carbocycles. The third kappa shape index (κ3) is 2.12. The number of halogens is 1. The molecule has 1 aliphatic carbocycles. The summed E-state index contributed by atoms with van der Waals surface area (Å²) in [5.74, 6) is 0.134. The van der Waals surface area contributed by atoms with Crippen molar-refractivity contribution in [2.24, 2.45) is 5.92 Å². The number of rotatable bonds is 1. The summed E-state index contributed by atoms with van der Waals surface area (Å²) in [5, 5.41) is 24.9. The van der Waals surface area contributed by atoms with Crippen molar-refractivity contribution >= 4 is 17.3 Å². The van der Waals surface area contributed by atoms with Crippen LogP contribution in [-0.4, -0.2) is 22.4 Å². The van der Waals surface area contributed by atoms with Gasteiger partial charge in [-0.2, -0.15) is 0 Å². The van der Waals surface area contributed by atoms with Crippen molar-refractivity contribution in [2.75, 3.05) is 5.32 Å². The van der Waals surface area contributed by atoms with Crippen molar-refractivity contribution in [3.8, 4) is 0 Å². The molecule has 4 heteroatoms. The number of anilines is 1. The van der Waals surface area contributed by atoms with Gasteiger partial charge in [0.05, 0.1) is 18.2 Å². The maximum Gasteiger partial charge on any atom is 0.0871 e. The first-order valence-corrected chi connectivity index (χ1v) is 8.00. The van der Waals surface area contributed by atoms with Crippen molar-refractivity contribution in [2.45, 2.75) is 30.6 Å². The van der Waals surface area contributed by atoms with Gasteiger partial charge in [0.2, 0.25) is 0 Å². The lowest BCUT2D eigenvalue weighted by Crippen LogP contribution is -2.32. The van der Waals surface area contributed by atoms with Crippen LogP contribution in [0.1, 0.15) is 29.5 Å². The quantitative estimate of drug-likeness (QED) is 0.756. The van der Waals surface area contributed by atoms with Crippen molar-refractivity contribution in [1.82, 2.24) is 0 Å². The smallest absolute Gasteiger partial charge is 0.0871 e. The van der Waals surface area contributed by atoms with Crippen molar-refractivity contribution < 1.29 is 10.2 Å². The van der Waals surface area contributed by atoms with E-state index in [1.54, 1.807) is 0 Å². The Kier molecular flexibility index (Phi) is 3.37. The van der Waals surface area contributed by atoms with E-state index in [2.05, 4.69) is 5.32 Å². The van der Waals surface area contributed by atoms with Crippen molar-refractivity contribution in [3.05, 3.63) is 64.7 Å². The van der Waals surface area contributed by atoms with E-state index in [4.69, 9.17) is 11.6 Å². The van der Waals surface area contributed by atoms with E-state index in [0.717, 1.165) is 16.8 Å². The van der Waals surface area contributed by atoms with Crippen LogP contribution in [0.3, 0.4) is 0 Å². The Morgan fingerprint density at radius 1 is 1.00 bits per heavy atom. The Bertz CT molecular complexity index is 688. The molecule has 4 rings (SSSR count). The van der Waals surface area contributed by atoms with Crippen LogP contribution in [0.5, 0.6) is 0 Å². The molecule has 1 heterocycles. The van der Waals surface area contributed by atoms with E-state index in [0.29, 0.717) is 11.4 Å². The van der Waals surface area contributed by atoms with Crippen LogP contribution in [0.15, 0.2) is 48.5 Å². The number of fused-ring (bicyclic) bond motifs is 3. The molecular formula is C18H18ClNO2. The first-order chi connectivity index (χ1) is 10.6. The standard InChI is InChI=1S/C18H18ClNO2/c19-11-7-5-10(6-8-11)17-13-9-15(21)18(22)16(13)12-3-1-2-4-14(12)20-17/h1-8,13,15-18,20-22H,9H2/t13-,15+,16-,17-,18+/m1/s1. The molecule has 1 fully saturated rings. The molecule has 3 nitrogen and oxygen atoms in total. The van der Waals surface area contributed by atoms with Crippen LogP contribution in [0, 0.1) is 5.92 Å². The van der Waals surface area contributed by atoms with E-state index in [1.807, 2.05) is 48.5 Å². The molecule has 0 radical (unpaired) electrons. The van der Waals surface area contributed by atoms with Gasteiger partial charge in [0.1, 0.15) is 0 Å². The van der Waals surface area contributed by atoms with Gasteiger partial charge >= 0.3 is 0 Å². The van der Waals surface area contributed by atoms with Crippen LogP contribution in [0.4, 0.5) is 5.69 Å². The number of hydrogen-bond acceptors (Lipinski definition) is 3. The zero-order chi connectivity index (χ0) is 15.3. The molecule has 0 aromatic heterocycles. The van der Waals surface area contributed by atoms with Crippen LogP contribution in [0.25, 0.3) is 0 Å². The zero-order valence-electron chi connectivity index (χ0n) is 12.0. The van der Waals surface area contributed by atoms with E-state index in [-0.39, 0.29) is 17.9 Å². The Morgan fingerprint density at radius 3 is 2.50 bits per heavy atom. The second-order valence-electron chi connectivity index (χ2n) is 6.24. The number of nitrogens with one attached hydrogen (secondary N) is 1. The fourth-order valence-electron chi connectivity index (χ4n) is 4.01. The number of aliphatic hydroxyl groups is 2. The van der Waals surface area contributed by atoms with E-state index < -0.39 is 12.2 Å². The molecule has 5 atom stereocenters. The summed E-state index contributed by atoms with van der Waals surface area (Å²) >= 11 is 5.99. The number of hydrogen-bond donors (Lipinski definition) is 3. The van der Waals surface area contributed by atoms with Gasteiger partial charge in [0.15, 0.2) is 0 Å². The molecule has 22 heavy (non-hydrogen) atoms. The largest absolute Gasteiger partial charge is 0.390 e. The average molecular weight is 316 g/mol. The summed E-state index contributed by atoms with van der Waals surface area (Å²) in [7, 11) is 0. The second-order valence-corrected chi connectivity index (χ2v) is 6.68. The van der Waals surface area contributed by atoms with E-state index in [9.17, 15) is 10.2 Å². The topological polar surface area (TPSA) is 52.5 Å². The molecule has 0 unspecified atom stereocenters. The highest BCUT2D eigenvalue weighted by Crippen LogP contribution is 2.52. The minimum Gasteiger partial charge on any atom is -0.390 e. The lowest BCUT2D eigenvalue weighted by molar-refractivity contribution is 0.0349. The molecule has 114 valence electrons. The second kappa shape index (κ2) is 5.27. The van der Waals surface area contributed by atoms with Crippen molar-refractivity contribution in [1.29, 1.82) is 0 Å². The van der Waals surface area contributed by atoms with Gasteiger partial charge in [-0.3, -0.25) is 0 Å². The average Bonchev–Trinajstić information content (AvgIpc) is 2.83. The summed E-state index contributed by atoms with van der Waals surface area (Å²) < 4.78 is 0. The highest BCUT2D eigenvalue weighted by atomic mass is 35.5. The normalized spacial score (nSPS) is 33.0. The Morgan fingerprint density at radius 2 is 1.73 bits per heavy atom. The molecule has 0 spiro atoms. The minimum absolute atomic E-state index is 0.0341. The monoisotopic (exact) mass is 315 g/mol. The van der Waals surface area contributed by atoms with E-state index >= 15 is 0 Å². The first-order valence-electron chi connectivity index (χ1n) is 7.62. The first kappa shape index (κ1) is 14.1. The molecule has 1 aliphatic heterocycles. The van der Waals surface area contributed by atoms with Gasteiger partial charge < -0.3 is 15.5 Å². The van der Waals surface area contributed by atoms with Crippen LogP contribution in [0.2, 0.25) is 5.02 Å². The molecule has 3 N–H and O–H groups in total. The SMILES string of the molecule is O[C@@H]1[C@@H]2c3ccccc3N[C@H](c3ccc(Cl)cc3)[C@@H]2C[C@@H]1O. The van der Waals surface area contributed by atoms with Gasteiger partial charge in [0, 0.05) is 16.6 Å². The molecule has 0 saturated heterocycles. The summed E-state index contributed by atoms with van der Waals surface area (Å²) in [6.45, 7) is 0. The number of para-hydroxylation sites is 1. The number of aliphatic hydroxyl groups excluding tert-OH is 2. The summed E-state index contributed by atoms with van der Waals surface area (Å²) in [6, 6.07) is 15.9. The summed E-state index contributed by atoms with van der Waals surface area (Å²) in [5.41, 5.74) is 3.27. The predicted octanol–water partition coefficient (Wildman–Crippen LogP) is 3.33. The molecule has 2 aromatic rings. The Hall–Kier alpha value is -1.55. The van der Waals surface area contributed by atoms with Gasteiger partial charge in [0.25, 0.3) is 0 Å². The summed E-state index contributed by atoms with van der Waals surface area (Å²) in [4.78, 5) is 0. The van der Waals surface area contributed by atoms with E-state index in [1.165, 1.54) is 0 Å². The van der Waals surface area contributed by atoms with Gasteiger partial charge in [-0.25, -0.2) is 0 Å². The maximum atomic E-state index is 10.4. The predicted molar refractivity (Wildman–Crippen MR) is 87.1 cm³/mol. The molecule has 0 amide bonds. The molecule has 2 aliphatic rings. The van der Waals surface area contributed by atoms with Gasteiger partial charge in [-0.05, 0) is 41.7 Å². The Balaban J connectivity index is 1.80. The molecule has 2 aromatic carbocycles. The fourth-order valence-corrected chi connectivity index (χ4v) is 4.14. The molecular weight excluding hydrogens is 298 g/mol. The highest BCUT2D eigenvalue weighted by Gasteiger charge is 2.49. The van der Waals surface area contributed by atoms with Crippen LogP contribution in [-0.2, 0) is 0 Å². The van der Waals surface area contributed by atoms with Crippen LogP contribution >= 0.6 is 11.6 Å². The molecule has 0 bridgehead atoms.